The van der Waals surface area contributed by atoms with E-state index in [0.29, 0.717) is 16.3 Å². The molecule has 1 aliphatic heterocycles. The Balaban J connectivity index is 2.07. The molecule has 0 aromatic heterocycles. The van der Waals surface area contributed by atoms with Crippen LogP contribution in [-0.4, -0.2) is 15.8 Å². The van der Waals surface area contributed by atoms with Gasteiger partial charge in [-0.1, -0.05) is 11.6 Å². The van der Waals surface area contributed by atoms with Crippen molar-refractivity contribution in [3.05, 3.63) is 29.3 Å². The van der Waals surface area contributed by atoms with Crippen LogP contribution in [0.15, 0.2) is 29.2 Å². The van der Waals surface area contributed by atoms with Gasteiger partial charge in [-0.15, -0.1) is 0 Å². The molecule has 1 aromatic rings. The smallest absolute Gasteiger partial charge is 0.230 e. The fourth-order valence-corrected chi connectivity index (χ4v) is 2.59. The van der Waals surface area contributed by atoms with Gasteiger partial charge in [-0.3, -0.25) is 4.79 Å². The van der Waals surface area contributed by atoms with E-state index in [2.05, 4.69) is 5.32 Å². The van der Waals surface area contributed by atoms with Gasteiger partial charge in [0, 0.05) is 16.2 Å². The summed E-state index contributed by atoms with van der Waals surface area (Å²) in [7, 11) is 0. The molecule has 0 bridgehead atoms. The van der Waals surface area contributed by atoms with Crippen LogP contribution in [0.3, 0.4) is 0 Å². The Morgan fingerprint density at radius 3 is 2.50 bits per heavy atom. The number of nitrogens with one attached hydrogen (secondary N) is 1. The van der Waals surface area contributed by atoms with E-state index in [4.69, 9.17) is 11.6 Å². The van der Waals surface area contributed by atoms with Crippen molar-refractivity contribution in [3.63, 3.8) is 0 Å². The molecule has 1 N–H and O–H groups in total. The summed E-state index contributed by atoms with van der Waals surface area (Å²) in [6, 6.07) is 6.80. The van der Waals surface area contributed by atoms with Crippen LogP contribution < -0.4 is 5.32 Å². The molecule has 2 unspecified atom stereocenters. The number of hydrogen-bond donors (Lipinski definition) is 1. The van der Waals surface area contributed by atoms with Crippen LogP contribution in [0.1, 0.15) is 6.42 Å². The summed E-state index contributed by atoms with van der Waals surface area (Å²) < 4.78 is 11.7. The van der Waals surface area contributed by atoms with Crippen molar-refractivity contribution >= 4 is 28.7 Å². The van der Waals surface area contributed by atoms with Gasteiger partial charge in [-0.05, 0) is 24.3 Å². The number of β-lactam (4-membered cyclic amide) rings is 1. The second-order valence-corrected chi connectivity index (χ2v) is 5.08. The second-order valence-electron chi connectivity index (χ2n) is 3.01. The Hall–Kier alpha value is -0.710. The molecule has 74 valence electrons. The Bertz CT molecular complexity index is 346. The Morgan fingerprint density at radius 2 is 2.00 bits per heavy atom. The molecule has 3 nitrogen and oxygen atoms in total. The van der Waals surface area contributed by atoms with Crippen molar-refractivity contribution in [2.75, 3.05) is 0 Å². The van der Waals surface area contributed by atoms with E-state index in [-0.39, 0.29) is 11.3 Å². The van der Waals surface area contributed by atoms with Gasteiger partial charge in [-0.2, -0.15) is 0 Å². The first kappa shape index (κ1) is 9.83. The van der Waals surface area contributed by atoms with E-state index >= 15 is 0 Å². The van der Waals surface area contributed by atoms with Crippen LogP contribution in [0.2, 0.25) is 5.02 Å². The average molecular weight is 230 g/mol. The average Bonchev–Trinajstić information content (AvgIpc) is 2.13. The summed E-state index contributed by atoms with van der Waals surface area (Å²) in [4.78, 5) is 11.3. The largest absolute Gasteiger partial charge is 0.610 e. The highest BCUT2D eigenvalue weighted by Crippen LogP contribution is 2.22. The first-order valence-electron chi connectivity index (χ1n) is 4.12. The minimum absolute atomic E-state index is 0.0442. The Morgan fingerprint density at radius 1 is 1.43 bits per heavy atom. The highest BCUT2D eigenvalue weighted by Gasteiger charge is 2.36. The molecule has 0 saturated carbocycles. The van der Waals surface area contributed by atoms with E-state index in [0.717, 1.165) is 0 Å². The van der Waals surface area contributed by atoms with E-state index in [1.165, 1.54) is 0 Å². The molecule has 5 heteroatoms. The lowest BCUT2D eigenvalue weighted by Crippen LogP contribution is -2.52. The molecule has 1 aliphatic rings. The van der Waals surface area contributed by atoms with E-state index < -0.39 is 11.2 Å². The molecule has 0 radical (unpaired) electrons. The molecule has 1 aromatic carbocycles. The Labute approximate surface area is 89.6 Å². The maximum Gasteiger partial charge on any atom is 0.230 e. The minimum atomic E-state index is -1.16. The van der Waals surface area contributed by atoms with Crippen molar-refractivity contribution in [1.29, 1.82) is 0 Å². The minimum Gasteiger partial charge on any atom is -0.610 e. The van der Waals surface area contributed by atoms with Crippen molar-refractivity contribution < 1.29 is 9.35 Å². The third-order valence-electron chi connectivity index (χ3n) is 2.00. The zero-order valence-corrected chi connectivity index (χ0v) is 8.77. The molecule has 2 atom stereocenters. The van der Waals surface area contributed by atoms with Crippen LogP contribution in [0.4, 0.5) is 0 Å². The first-order chi connectivity index (χ1) is 6.66. The van der Waals surface area contributed by atoms with Crippen molar-refractivity contribution in [2.24, 2.45) is 0 Å². The van der Waals surface area contributed by atoms with Crippen molar-refractivity contribution in [3.8, 4) is 0 Å². The fraction of sp³-hybridized carbons (Fsp3) is 0.222. The van der Waals surface area contributed by atoms with Gasteiger partial charge >= 0.3 is 0 Å². The molecule has 1 heterocycles. The van der Waals surface area contributed by atoms with Crippen LogP contribution in [0.25, 0.3) is 0 Å². The maximum atomic E-state index is 11.7. The Kier molecular flexibility index (Phi) is 2.67. The predicted molar refractivity (Wildman–Crippen MR) is 54.4 cm³/mol. The molecule has 1 saturated heterocycles. The third-order valence-corrected chi connectivity index (χ3v) is 3.79. The standard InChI is InChI=1S/C9H8ClNO2S/c10-6-1-3-7(4-2-6)14(13)9-5-8(12)11-9/h1-4,9H,5H2,(H,11,12). The van der Waals surface area contributed by atoms with Gasteiger partial charge in [0.05, 0.1) is 6.42 Å². The quantitative estimate of drug-likeness (QED) is 0.614. The van der Waals surface area contributed by atoms with Gasteiger partial charge in [0.25, 0.3) is 0 Å². The van der Waals surface area contributed by atoms with Gasteiger partial charge in [0.2, 0.25) is 11.3 Å². The summed E-state index contributed by atoms with van der Waals surface area (Å²) in [5.41, 5.74) is 0. The van der Waals surface area contributed by atoms with Gasteiger partial charge in [0.1, 0.15) is 0 Å². The number of carbonyl (C=O) groups excluding carboxylic acids is 1. The van der Waals surface area contributed by atoms with E-state index in [1.807, 2.05) is 0 Å². The predicted octanol–water partition coefficient (Wildman–Crippen LogP) is 1.29. The number of carbonyl (C=O) groups is 1. The molecular weight excluding hydrogens is 222 g/mol. The monoisotopic (exact) mass is 229 g/mol. The zero-order chi connectivity index (χ0) is 10.1. The highest BCUT2D eigenvalue weighted by molar-refractivity contribution is 7.92. The van der Waals surface area contributed by atoms with Gasteiger partial charge in [-0.25, -0.2) is 0 Å². The van der Waals surface area contributed by atoms with E-state index in [9.17, 15) is 9.35 Å². The molecule has 2 rings (SSSR count). The van der Waals surface area contributed by atoms with Crippen LogP contribution >= 0.6 is 11.6 Å². The molecule has 0 aliphatic carbocycles. The van der Waals surface area contributed by atoms with Crippen LogP contribution in [0.5, 0.6) is 0 Å². The lowest BCUT2D eigenvalue weighted by molar-refractivity contribution is -0.126. The molecule has 0 spiro atoms. The summed E-state index contributed by atoms with van der Waals surface area (Å²) >= 11 is 4.54. The summed E-state index contributed by atoms with van der Waals surface area (Å²) in [6.07, 6.45) is 0.342. The normalized spacial score (nSPS) is 22.4. The summed E-state index contributed by atoms with van der Waals surface area (Å²) in [5.74, 6) is -0.0442. The van der Waals surface area contributed by atoms with Crippen LogP contribution in [0, 0.1) is 0 Å². The number of hydrogen-bond acceptors (Lipinski definition) is 2. The molecule has 1 amide bonds. The number of rotatable bonds is 2. The zero-order valence-electron chi connectivity index (χ0n) is 7.20. The first-order valence-corrected chi connectivity index (χ1v) is 5.71. The summed E-state index contributed by atoms with van der Waals surface area (Å²) in [5, 5.41) is 2.97. The lowest BCUT2D eigenvalue weighted by atomic mass is 10.3. The maximum absolute atomic E-state index is 11.7. The molecular formula is C9H8ClNO2S. The number of benzene rings is 1. The molecule has 1 fully saturated rings. The summed E-state index contributed by atoms with van der Waals surface area (Å²) in [6.45, 7) is 0. The second kappa shape index (κ2) is 3.81. The highest BCUT2D eigenvalue weighted by atomic mass is 35.5. The third kappa shape index (κ3) is 1.87. The lowest BCUT2D eigenvalue weighted by Gasteiger charge is -2.28. The number of halogens is 1. The molecule has 14 heavy (non-hydrogen) atoms. The van der Waals surface area contributed by atoms with Gasteiger partial charge in [0.15, 0.2) is 4.90 Å². The van der Waals surface area contributed by atoms with Crippen molar-refractivity contribution in [2.45, 2.75) is 16.7 Å². The van der Waals surface area contributed by atoms with E-state index in [1.54, 1.807) is 24.3 Å². The number of amides is 1. The SMILES string of the molecule is O=C1CC([S+]([O-])c2ccc(Cl)cc2)N1. The van der Waals surface area contributed by atoms with Crippen molar-refractivity contribution in [1.82, 2.24) is 5.32 Å². The fourth-order valence-electron chi connectivity index (χ4n) is 1.19. The van der Waals surface area contributed by atoms with Gasteiger partial charge < -0.3 is 9.87 Å². The topological polar surface area (TPSA) is 52.2 Å². The van der Waals surface area contributed by atoms with Crippen LogP contribution in [-0.2, 0) is 16.0 Å².